The van der Waals surface area contributed by atoms with Gasteiger partial charge in [0, 0.05) is 35.6 Å². The fourth-order valence-electron chi connectivity index (χ4n) is 4.44. The lowest BCUT2D eigenvalue weighted by Gasteiger charge is -2.18. The molecule has 2 aliphatic rings. The number of ether oxygens (including phenoxy) is 1. The molecule has 34 heavy (non-hydrogen) atoms. The Bertz CT molecular complexity index is 1140. The van der Waals surface area contributed by atoms with E-state index in [1.807, 2.05) is 24.3 Å². The molecular formula is C27H34ClN3O2S. The van der Waals surface area contributed by atoms with Crippen LogP contribution in [0.15, 0.2) is 58.2 Å². The van der Waals surface area contributed by atoms with E-state index in [1.165, 1.54) is 10.5 Å². The Balaban J connectivity index is 1.62. The first kappa shape index (κ1) is 25.0. The van der Waals surface area contributed by atoms with Crippen molar-refractivity contribution < 1.29 is 9.53 Å². The van der Waals surface area contributed by atoms with Gasteiger partial charge >= 0.3 is 0 Å². The van der Waals surface area contributed by atoms with Crippen molar-refractivity contribution in [3.63, 3.8) is 0 Å². The summed E-state index contributed by atoms with van der Waals surface area (Å²) >= 11 is 8.06. The largest absolute Gasteiger partial charge is 0.497 e. The Kier molecular flexibility index (Phi) is 8.12. The summed E-state index contributed by atoms with van der Waals surface area (Å²) in [4.78, 5) is 22.5. The molecule has 0 atom stereocenters. The van der Waals surface area contributed by atoms with Crippen LogP contribution in [0.1, 0.15) is 50.0 Å². The maximum atomic E-state index is 13.4. The zero-order valence-corrected chi connectivity index (χ0v) is 21.9. The van der Waals surface area contributed by atoms with Gasteiger partial charge in [0.2, 0.25) is 0 Å². The highest BCUT2D eigenvalue weighted by molar-refractivity contribution is 7.09. The minimum absolute atomic E-state index is 0.0440. The zero-order valence-electron chi connectivity index (χ0n) is 20.3. The molecule has 1 amide bonds. The van der Waals surface area contributed by atoms with Gasteiger partial charge in [-0.1, -0.05) is 49.7 Å². The van der Waals surface area contributed by atoms with Gasteiger partial charge in [0.05, 0.1) is 12.5 Å². The van der Waals surface area contributed by atoms with Crippen molar-refractivity contribution >= 4 is 28.8 Å². The van der Waals surface area contributed by atoms with Gasteiger partial charge in [-0.05, 0) is 62.0 Å². The number of hydrogen-bond donors (Lipinski definition) is 0. The van der Waals surface area contributed by atoms with Crippen molar-refractivity contribution in [2.75, 3.05) is 26.7 Å². The quantitative estimate of drug-likeness (QED) is 0.437. The highest BCUT2D eigenvalue weighted by atomic mass is 35.5. The number of carbonyl (C=O) groups is 1. The fourth-order valence-corrected chi connectivity index (χ4v) is 5.73. The van der Waals surface area contributed by atoms with E-state index >= 15 is 0 Å². The summed E-state index contributed by atoms with van der Waals surface area (Å²) in [5.41, 5.74) is 1.70. The Morgan fingerprint density at radius 3 is 2.50 bits per heavy atom. The lowest BCUT2D eigenvalue weighted by Crippen LogP contribution is -2.30. The number of benzene rings is 1. The molecule has 7 heteroatoms. The highest BCUT2D eigenvalue weighted by Gasteiger charge is 2.51. The highest BCUT2D eigenvalue weighted by Crippen LogP contribution is 2.49. The predicted molar refractivity (Wildman–Crippen MR) is 140 cm³/mol. The minimum Gasteiger partial charge on any atom is -0.497 e. The fraction of sp³-hybridized carbons (Fsp3) is 0.481. The second-order valence-electron chi connectivity index (χ2n) is 8.96. The van der Waals surface area contributed by atoms with Gasteiger partial charge in [0.15, 0.2) is 4.80 Å². The number of likely N-dealkylation sites (N-methyl/N-ethyl adjacent to an activating group) is 1. The Hall–Kier alpha value is -2.15. The van der Waals surface area contributed by atoms with Crippen LogP contribution in [0.4, 0.5) is 0 Å². The number of rotatable bonds is 10. The molecule has 1 fully saturated rings. The molecule has 0 N–H and O–H groups in total. The first-order valence-corrected chi connectivity index (χ1v) is 13.4. The molecule has 0 aliphatic heterocycles. The SMILES string of the molecule is CCN(CC)CCn1cc(CC2=CCCC=C2Cl)s/c1=N/C(=O)C1(c2ccc(OC)cc2)CC1. The summed E-state index contributed by atoms with van der Waals surface area (Å²) in [6.45, 7) is 8.11. The molecule has 4 rings (SSSR count). The summed E-state index contributed by atoms with van der Waals surface area (Å²) < 4.78 is 7.43. The van der Waals surface area contributed by atoms with Crippen LogP contribution in [0.5, 0.6) is 5.75 Å². The molecule has 0 bridgehead atoms. The van der Waals surface area contributed by atoms with Crippen LogP contribution in [0, 0.1) is 0 Å². The van der Waals surface area contributed by atoms with E-state index in [0.717, 1.165) is 79.4 Å². The predicted octanol–water partition coefficient (Wildman–Crippen LogP) is 5.44. The molecule has 182 valence electrons. The van der Waals surface area contributed by atoms with E-state index in [2.05, 4.69) is 41.7 Å². The monoisotopic (exact) mass is 499 g/mol. The molecule has 0 radical (unpaired) electrons. The molecule has 0 unspecified atom stereocenters. The number of carbonyl (C=O) groups excluding carboxylic acids is 1. The number of amides is 1. The molecule has 0 spiro atoms. The van der Waals surface area contributed by atoms with E-state index in [9.17, 15) is 4.79 Å². The van der Waals surface area contributed by atoms with E-state index in [0.29, 0.717) is 0 Å². The summed E-state index contributed by atoms with van der Waals surface area (Å²) in [7, 11) is 1.65. The van der Waals surface area contributed by atoms with Gasteiger partial charge in [-0.25, -0.2) is 0 Å². The van der Waals surface area contributed by atoms with Crippen molar-refractivity contribution in [1.82, 2.24) is 9.47 Å². The van der Waals surface area contributed by atoms with Crippen LogP contribution >= 0.6 is 22.9 Å². The topological polar surface area (TPSA) is 46.8 Å². The third kappa shape index (κ3) is 5.56. The zero-order chi connectivity index (χ0) is 24.1. The number of allylic oxidation sites excluding steroid dienone is 4. The number of halogens is 1. The van der Waals surface area contributed by atoms with Crippen LogP contribution in [0.3, 0.4) is 0 Å². The Morgan fingerprint density at radius 2 is 1.88 bits per heavy atom. The number of hydrogen-bond acceptors (Lipinski definition) is 4. The lowest BCUT2D eigenvalue weighted by atomic mass is 9.95. The second-order valence-corrected chi connectivity index (χ2v) is 10.5. The normalized spacial score (nSPS) is 17.5. The first-order valence-electron chi connectivity index (χ1n) is 12.2. The van der Waals surface area contributed by atoms with Gasteiger partial charge < -0.3 is 14.2 Å². The van der Waals surface area contributed by atoms with E-state index in [4.69, 9.17) is 21.3 Å². The van der Waals surface area contributed by atoms with E-state index in [-0.39, 0.29) is 5.91 Å². The van der Waals surface area contributed by atoms with Gasteiger partial charge in [-0.2, -0.15) is 4.99 Å². The van der Waals surface area contributed by atoms with Crippen LogP contribution in [-0.2, 0) is 23.2 Å². The summed E-state index contributed by atoms with van der Waals surface area (Å²) in [5, 5.41) is 0.848. The third-order valence-corrected chi connectivity index (χ3v) is 8.29. The van der Waals surface area contributed by atoms with Crippen molar-refractivity contribution in [3.8, 4) is 5.75 Å². The number of nitrogens with zero attached hydrogens (tertiary/aromatic N) is 3. The first-order chi connectivity index (χ1) is 16.5. The van der Waals surface area contributed by atoms with Crippen LogP contribution in [0.2, 0.25) is 0 Å². The van der Waals surface area contributed by atoms with Gasteiger partial charge in [-0.3, -0.25) is 4.79 Å². The maximum Gasteiger partial charge on any atom is 0.258 e. The summed E-state index contributed by atoms with van der Waals surface area (Å²) in [6, 6.07) is 7.84. The second kappa shape index (κ2) is 11.1. The van der Waals surface area contributed by atoms with Gasteiger partial charge in [-0.15, -0.1) is 11.3 Å². The van der Waals surface area contributed by atoms with Gasteiger partial charge in [0.25, 0.3) is 5.91 Å². The maximum absolute atomic E-state index is 13.4. The molecular weight excluding hydrogens is 466 g/mol. The molecule has 1 aromatic heterocycles. The number of aromatic nitrogens is 1. The molecule has 5 nitrogen and oxygen atoms in total. The average Bonchev–Trinajstić information content (AvgIpc) is 3.59. The Morgan fingerprint density at radius 1 is 1.18 bits per heavy atom. The van der Waals surface area contributed by atoms with Crippen LogP contribution < -0.4 is 9.54 Å². The van der Waals surface area contributed by atoms with Crippen molar-refractivity contribution in [2.24, 2.45) is 4.99 Å². The smallest absolute Gasteiger partial charge is 0.258 e. The molecule has 1 aromatic carbocycles. The van der Waals surface area contributed by atoms with E-state index < -0.39 is 5.41 Å². The van der Waals surface area contributed by atoms with Gasteiger partial charge in [0.1, 0.15) is 5.75 Å². The third-order valence-electron chi connectivity index (χ3n) is 6.87. The van der Waals surface area contributed by atoms with Crippen molar-refractivity contribution in [3.05, 3.63) is 68.5 Å². The summed E-state index contributed by atoms with van der Waals surface area (Å²) in [5.74, 6) is 0.753. The number of thiazole rings is 1. The average molecular weight is 500 g/mol. The summed E-state index contributed by atoms with van der Waals surface area (Å²) in [6.07, 6.45) is 11.0. The molecule has 1 heterocycles. The number of methoxy groups -OCH3 is 1. The van der Waals surface area contributed by atoms with Crippen molar-refractivity contribution in [2.45, 2.75) is 57.9 Å². The van der Waals surface area contributed by atoms with Crippen molar-refractivity contribution in [1.29, 1.82) is 0 Å². The van der Waals surface area contributed by atoms with Crippen LogP contribution in [0.25, 0.3) is 0 Å². The minimum atomic E-state index is -0.495. The Labute approximate surface area is 211 Å². The molecule has 1 saturated carbocycles. The van der Waals surface area contributed by atoms with E-state index in [1.54, 1.807) is 18.4 Å². The standard InChI is InChI=1S/C27H34ClN3O2S/c1-4-30(5-2)16-17-31-19-23(18-20-8-6-7-9-24(20)28)34-26(31)29-25(32)27(14-15-27)21-10-12-22(33-3)13-11-21/h8-13,19H,4-7,14-18H2,1-3H3/b29-26+. The van der Waals surface area contributed by atoms with Crippen LogP contribution in [-0.4, -0.2) is 42.1 Å². The molecule has 2 aliphatic carbocycles. The molecule has 0 saturated heterocycles. The molecule has 2 aromatic rings. The lowest BCUT2D eigenvalue weighted by molar-refractivity contribution is -0.120.